The van der Waals surface area contributed by atoms with Crippen molar-refractivity contribution in [3.63, 3.8) is 0 Å². The number of hydrogen-bond donors (Lipinski definition) is 0. The van der Waals surface area contributed by atoms with E-state index in [1.54, 1.807) is 66.2 Å². The number of benzene rings is 1. The number of ether oxygens (including phenoxy) is 19. The van der Waals surface area contributed by atoms with E-state index in [0.717, 1.165) is 0 Å². The van der Waals surface area contributed by atoms with Crippen molar-refractivity contribution in [1.29, 1.82) is 0 Å². The fourth-order valence-corrected chi connectivity index (χ4v) is 6.68. The van der Waals surface area contributed by atoms with E-state index in [-0.39, 0.29) is 51.0 Å². The quantitative estimate of drug-likeness (QED) is 0.0680. The van der Waals surface area contributed by atoms with Crippen molar-refractivity contribution in [3.8, 4) is 22.9 Å². The van der Waals surface area contributed by atoms with Crippen LogP contribution in [0, 0.1) is 10.8 Å². The molecular formula is C57H97N3O23. The third-order valence-corrected chi connectivity index (χ3v) is 11.4. The highest BCUT2D eigenvalue weighted by Crippen LogP contribution is 2.44. The maximum absolute atomic E-state index is 14.3. The topological polar surface area (TPSA) is 255 Å². The SMILES string of the molecule is COCCOCCOCCOCCOCCOCCOCCOCC(C)(C)C(=O)Oc1c(OC(=O)C(C)(C)COCCOCCOCCOCCOCCOCCOCCOC)c(C(=O)N(C)C)n(-c2ccc(OC)cc2)c1C(=O)N(C)C. The van der Waals surface area contributed by atoms with Gasteiger partial charge in [-0.2, -0.15) is 0 Å². The Bertz CT molecular complexity index is 1900. The number of esters is 2. The second-order valence-electron chi connectivity index (χ2n) is 19.8. The lowest BCUT2D eigenvalue weighted by Crippen LogP contribution is -2.36. The Labute approximate surface area is 490 Å². The third-order valence-electron chi connectivity index (χ3n) is 11.4. The third kappa shape index (κ3) is 32.0. The summed E-state index contributed by atoms with van der Waals surface area (Å²) < 4.78 is 107. The predicted molar refractivity (Wildman–Crippen MR) is 302 cm³/mol. The minimum absolute atomic E-state index is 0.128. The molecule has 83 heavy (non-hydrogen) atoms. The molecule has 1 aromatic heterocycles. The average molecular weight is 1190 g/mol. The van der Waals surface area contributed by atoms with Gasteiger partial charge >= 0.3 is 11.9 Å². The van der Waals surface area contributed by atoms with Crippen LogP contribution in [0.2, 0.25) is 0 Å². The molecule has 0 aliphatic carbocycles. The molecule has 26 nitrogen and oxygen atoms in total. The molecule has 26 heteroatoms. The van der Waals surface area contributed by atoms with Crippen LogP contribution in [0.5, 0.6) is 17.2 Å². The van der Waals surface area contributed by atoms with Crippen molar-refractivity contribution in [2.24, 2.45) is 10.8 Å². The van der Waals surface area contributed by atoms with Gasteiger partial charge in [-0.05, 0) is 52.0 Å². The summed E-state index contributed by atoms with van der Waals surface area (Å²) in [7, 11) is 10.7. The van der Waals surface area contributed by atoms with Crippen LogP contribution in [0.1, 0.15) is 48.7 Å². The summed E-state index contributed by atoms with van der Waals surface area (Å²) in [5.74, 6) is -3.43. The van der Waals surface area contributed by atoms with Crippen LogP contribution in [-0.2, 0) is 85.4 Å². The van der Waals surface area contributed by atoms with E-state index >= 15 is 0 Å². The minimum Gasteiger partial charge on any atom is -0.497 e. The van der Waals surface area contributed by atoms with Crippen LogP contribution >= 0.6 is 0 Å². The Morgan fingerprint density at radius 2 is 0.590 bits per heavy atom. The highest BCUT2D eigenvalue weighted by Gasteiger charge is 2.42. The van der Waals surface area contributed by atoms with Crippen molar-refractivity contribution in [2.75, 3.05) is 248 Å². The largest absolute Gasteiger partial charge is 0.497 e. The first-order chi connectivity index (χ1) is 40.0. The Morgan fingerprint density at radius 1 is 0.361 bits per heavy atom. The molecule has 2 amide bonds. The van der Waals surface area contributed by atoms with Crippen LogP contribution in [0.25, 0.3) is 5.69 Å². The van der Waals surface area contributed by atoms with E-state index in [1.165, 1.54) is 49.7 Å². The zero-order valence-electron chi connectivity index (χ0n) is 51.3. The van der Waals surface area contributed by atoms with Crippen LogP contribution in [0.3, 0.4) is 0 Å². The summed E-state index contributed by atoms with van der Waals surface area (Å²) >= 11 is 0. The molecule has 0 atom stereocenters. The van der Waals surface area contributed by atoms with Gasteiger partial charge in [0.05, 0.1) is 216 Å². The number of carbonyl (C=O) groups excluding carboxylic acids is 4. The molecule has 1 aromatic carbocycles. The van der Waals surface area contributed by atoms with Crippen LogP contribution in [-0.4, -0.2) is 286 Å². The number of aromatic nitrogens is 1. The molecule has 0 radical (unpaired) electrons. The summed E-state index contributed by atoms with van der Waals surface area (Å²) in [4.78, 5) is 59.8. The van der Waals surface area contributed by atoms with Crippen LogP contribution in [0.4, 0.5) is 0 Å². The Balaban J connectivity index is 1.97. The molecule has 478 valence electrons. The predicted octanol–water partition coefficient (Wildman–Crippen LogP) is 3.28. The van der Waals surface area contributed by atoms with Crippen LogP contribution in [0.15, 0.2) is 24.3 Å². The Hall–Kier alpha value is -4.46. The smallest absolute Gasteiger partial charge is 0.319 e. The number of methoxy groups -OCH3 is 3. The lowest BCUT2D eigenvalue weighted by molar-refractivity contribution is -0.150. The summed E-state index contributed by atoms with van der Waals surface area (Å²) in [6.45, 7) is 17.4. The minimum atomic E-state index is -1.33. The maximum atomic E-state index is 14.3. The highest BCUT2D eigenvalue weighted by atomic mass is 16.6. The van der Waals surface area contributed by atoms with Gasteiger partial charge in [-0.1, -0.05) is 0 Å². The normalized spacial score (nSPS) is 11.8. The molecule has 0 saturated heterocycles. The standard InChI is InChI=1S/C57H97N3O23/c1-56(2,44-80-42-40-78-38-36-76-34-32-74-30-28-72-26-24-70-22-20-68-18-16-65-9)54(63)82-50-48(52(61)58(5)6)60(46-12-14-47(67-11)15-13-46)49(53(62)59(7)8)51(50)83-55(64)57(3,4)45-81-43-41-79-39-37-77-35-33-75-31-29-73-27-25-71-23-21-69-19-17-66-10/h12-15H,16-45H2,1-11H3. The molecule has 2 rings (SSSR count). The summed E-state index contributed by atoms with van der Waals surface area (Å²) in [5.41, 5.74) is -2.89. The van der Waals surface area contributed by atoms with Gasteiger partial charge in [-0.15, -0.1) is 0 Å². The van der Waals surface area contributed by atoms with Gasteiger partial charge in [0.15, 0.2) is 11.4 Å². The number of nitrogens with zero attached hydrogens (tertiary/aromatic N) is 3. The summed E-state index contributed by atoms with van der Waals surface area (Å²) in [5, 5.41) is 0. The highest BCUT2D eigenvalue weighted by molar-refractivity contribution is 6.06. The van der Waals surface area contributed by atoms with Gasteiger partial charge in [-0.3, -0.25) is 23.7 Å². The van der Waals surface area contributed by atoms with E-state index in [1.807, 2.05) is 0 Å². The van der Waals surface area contributed by atoms with Gasteiger partial charge in [0.2, 0.25) is 11.5 Å². The average Bonchev–Trinajstić information content (AvgIpc) is 3.42. The van der Waals surface area contributed by atoms with Crippen molar-refractivity contribution in [3.05, 3.63) is 35.7 Å². The number of hydrogen-bond acceptors (Lipinski definition) is 23. The fraction of sp³-hybridized carbons (Fsp3) is 0.754. The van der Waals surface area contributed by atoms with Gasteiger partial charge in [0.1, 0.15) is 5.75 Å². The van der Waals surface area contributed by atoms with Crippen molar-refractivity contribution in [1.82, 2.24) is 14.4 Å². The van der Waals surface area contributed by atoms with E-state index in [4.69, 9.17) is 90.0 Å². The fourth-order valence-electron chi connectivity index (χ4n) is 6.68. The van der Waals surface area contributed by atoms with Gasteiger partial charge in [0, 0.05) is 48.1 Å². The van der Waals surface area contributed by atoms with E-state index in [9.17, 15) is 19.2 Å². The van der Waals surface area contributed by atoms with Crippen LogP contribution < -0.4 is 14.2 Å². The van der Waals surface area contributed by atoms with Gasteiger partial charge in [-0.25, -0.2) is 0 Å². The molecule has 2 aromatic rings. The Morgan fingerprint density at radius 3 is 0.807 bits per heavy atom. The van der Waals surface area contributed by atoms with Crippen molar-refractivity contribution in [2.45, 2.75) is 27.7 Å². The van der Waals surface area contributed by atoms with E-state index in [0.29, 0.717) is 170 Å². The molecule has 0 fully saturated rings. The zero-order chi connectivity index (χ0) is 61.0. The first-order valence-corrected chi connectivity index (χ1v) is 27.9. The second-order valence-corrected chi connectivity index (χ2v) is 19.8. The molecular weight excluding hydrogens is 1090 g/mol. The molecule has 0 N–H and O–H groups in total. The molecule has 1 heterocycles. The Kier molecular flexibility index (Phi) is 41.2. The first kappa shape index (κ1) is 74.6. The van der Waals surface area contributed by atoms with E-state index in [2.05, 4.69) is 0 Å². The molecule has 0 unspecified atom stereocenters. The van der Waals surface area contributed by atoms with E-state index < -0.39 is 46.1 Å². The van der Waals surface area contributed by atoms with Gasteiger partial charge in [0.25, 0.3) is 11.8 Å². The second kappa shape index (κ2) is 45.8. The number of amides is 2. The monoisotopic (exact) mass is 1190 g/mol. The lowest BCUT2D eigenvalue weighted by Gasteiger charge is -2.24. The summed E-state index contributed by atoms with van der Waals surface area (Å²) in [6, 6.07) is 6.49. The zero-order valence-corrected chi connectivity index (χ0v) is 51.3. The lowest BCUT2D eigenvalue weighted by atomic mass is 9.95. The first-order valence-electron chi connectivity index (χ1n) is 27.9. The number of rotatable bonds is 54. The number of carbonyl (C=O) groups is 4. The summed E-state index contributed by atoms with van der Waals surface area (Å²) in [6.07, 6.45) is 0. The van der Waals surface area contributed by atoms with Crippen molar-refractivity contribution >= 4 is 23.8 Å². The molecule has 0 aliphatic rings. The van der Waals surface area contributed by atoms with Gasteiger partial charge < -0.3 is 99.8 Å². The van der Waals surface area contributed by atoms with Crippen molar-refractivity contribution < 1.29 is 109 Å². The molecule has 0 saturated carbocycles. The molecule has 0 spiro atoms. The molecule has 0 aliphatic heterocycles. The maximum Gasteiger partial charge on any atom is 0.319 e. The molecule has 0 bridgehead atoms.